The minimum absolute atomic E-state index is 0.0731. The first-order chi connectivity index (χ1) is 6.68. The Morgan fingerprint density at radius 3 is 2.86 bits per heavy atom. The van der Waals surface area contributed by atoms with Crippen molar-refractivity contribution in [2.45, 2.75) is 11.7 Å². The van der Waals surface area contributed by atoms with E-state index in [0.29, 0.717) is 6.42 Å². The molecule has 2 rings (SSSR count). The maximum atomic E-state index is 11.2. The van der Waals surface area contributed by atoms with E-state index < -0.39 is 11.2 Å². The Morgan fingerprint density at radius 1 is 1.43 bits per heavy atom. The normalized spacial score (nSPS) is 20.3. The highest BCUT2D eigenvalue weighted by atomic mass is 32.2. The fraction of sp³-hybridized carbons (Fsp3) is 0.200. The SMILES string of the molecule is O=C1Cc2ccccc2C(C(=O)O)S1. The van der Waals surface area contributed by atoms with Gasteiger partial charge >= 0.3 is 5.97 Å². The molecule has 0 fully saturated rings. The van der Waals surface area contributed by atoms with Crippen LogP contribution in [-0.2, 0) is 16.0 Å². The molecule has 14 heavy (non-hydrogen) atoms. The van der Waals surface area contributed by atoms with Gasteiger partial charge in [-0.3, -0.25) is 9.59 Å². The quantitative estimate of drug-likeness (QED) is 0.762. The summed E-state index contributed by atoms with van der Waals surface area (Å²) in [5.74, 6) is -0.949. The second-order valence-corrected chi connectivity index (χ2v) is 4.25. The van der Waals surface area contributed by atoms with Crippen molar-refractivity contribution in [1.29, 1.82) is 0 Å². The molecule has 1 aromatic carbocycles. The summed E-state index contributed by atoms with van der Waals surface area (Å²) < 4.78 is 0. The Balaban J connectivity index is 2.48. The zero-order valence-electron chi connectivity index (χ0n) is 7.27. The van der Waals surface area contributed by atoms with Crippen LogP contribution in [0.2, 0.25) is 0 Å². The van der Waals surface area contributed by atoms with Gasteiger partial charge in [-0.2, -0.15) is 0 Å². The van der Waals surface area contributed by atoms with Gasteiger partial charge in [0.25, 0.3) is 0 Å². The van der Waals surface area contributed by atoms with E-state index in [1.165, 1.54) is 0 Å². The van der Waals surface area contributed by atoms with Crippen LogP contribution < -0.4 is 0 Å². The smallest absolute Gasteiger partial charge is 0.321 e. The second-order valence-electron chi connectivity index (χ2n) is 3.08. The first-order valence-corrected chi connectivity index (χ1v) is 5.06. The van der Waals surface area contributed by atoms with E-state index in [1.807, 2.05) is 12.1 Å². The summed E-state index contributed by atoms with van der Waals surface area (Å²) in [7, 11) is 0. The Kier molecular flexibility index (Phi) is 2.29. The summed E-state index contributed by atoms with van der Waals surface area (Å²) >= 11 is 0.899. The molecule has 0 aliphatic carbocycles. The molecule has 0 amide bonds. The van der Waals surface area contributed by atoms with Gasteiger partial charge in [-0.15, -0.1) is 0 Å². The van der Waals surface area contributed by atoms with Crippen molar-refractivity contribution < 1.29 is 14.7 Å². The molecule has 0 saturated heterocycles. The van der Waals surface area contributed by atoms with Crippen LogP contribution in [-0.4, -0.2) is 16.2 Å². The first kappa shape index (κ1) is 9.27. The fourth-order valence-electron chi connectivity index (χ4n) is 1.53. The molecule has 4 heteroatoms. The van der Waals surface area contributed by atoms with Crippen LogP contribution >= 0.6 is 11.8 Å². The molecule has 1 aliphatic rings. The summed E-state index contributed by atoms with van der Waals surface area (Å²) in [5.41, 5.74) is 1.59. The van der Waals surface area contributed by atoms with Crippen molar-refractivity contribution in [1.82, 2.24) is 0 Å². The third kappa shape index (κ3) is 1.53. The molecule has 1 heterocycles. The van der Waals surface area contributed by atoms with Crippen molar-refractivity contribution in [2.75, 3.05) is 0 Å². The van der Waals surface area contributed by atoms with Crippen molar-refractivity contribution in [3.63, 3.8) is 0 Å². The van der Waals surface area contributed by atoms with Gasteiger partial charge in [0.2, 0.25) is 0 Å². The molecule has 0 spiro atoms. The third-order valence-electron chi connectivity index (χ3n) is 2.15. The van der Waals surface area contributed by atoms with Gasteiger partial charge in [0.05, 0.1) is 0 Å². The number of hydrogen-bond donors (Lipinski definition) is 1. The van der Waals surface area contributed by atoms with Crippen molar-refractivity contribution in [3.05, 3.63) is 35.4 Å². The zero-order valence-corrected chi connectivity index (χ0v) is 8.08. The number of fused-ring (bicyclic) bond motifs is 1. The number of benzene rings is 1. The van der Waals surface area contributed by atoms with E-state index in [1.54, 1.807) is 12.1 Å². The third-order valence-corrected chi connectivity index (χ3v) is 3.24. The molecule has 1 N–H and O–H groups in total. The van der Waals surface area contributed by atoms with Crippen LogP contribution in [0.15, 0.2) is 24.3 Å². The topological polar surface area (TPSA) is 54.4 Å². The monoisotopic (exact) mass is 208 g/mol. The Bertz CT molecular complexity index is 400. The molecule has 3 nitrogen and oxygen atoms in total. The molecule has 0 bridgehead atoms. The number of carbonyl (C=O) groups is 2. The number of rotatable bonds is 1. The predicted molar refractivity (Wildman–Crippen MR) is 53.1 cm³/mol. The van der Waals surface area contributed by atoms with Gasteiger partial charge in [-0.25, -0.2) is 0 Å². The van der Waals surface area contributed by atoms with Gasteiger partial charge in [0, 0.05) is 6.42 Å². The molecule has 1 unspecified atom stereocenters. The summed E-state index contributed by atoms with van der Waals surface area (Å²) in [6, 6.07) is 7.20. The lowest BCUT2D eigenvalue weighted by atomic mass is 10.0. The van der Waals surface area contributed by atoms with Gasteiger partial charge < -0.3 is 5.11 Å². The van der Waals surface area contributed by atoms with E-state index in [9.17, 15) is 9.59 Å². The van der Waals surface area contributed by atoms with Crippen LogP contribution in [0.3, 0.4) is 0 Å². The van der Waals surface area contributed by atoms with E-state index in [0.717, 1.165) is 22.9 Å². The maximum Gasteiger partial charge on any atom is 0.321 e. The number of carboxylic acid groups (broad SMARTS) is 1. The number of carboxylic acids is 1. The van der Waals surface area contributed by atoms with Crippen LogP contribution in [0.25, 0.3) is 0 Å². The number of carbonyl (C=O) groups excluding carboxylic acids is 1. The number of thioether (sulfide) groups is 1. The molecule has 0 saturated carbocycles. The molecular weight excluding hydrogens is 200 g/mol. The highest BCUT2D eigenvalue weighted by Crippen LogP contribution is 2.37. The van der Waals surface area contributed by atoms with Gasteiger partial charge in [0.15, 0.2) is 5.12 Å². The number of aliphatic carboxylic acids is 1. The standard InChI is InChI=1S/C10H8O3S/c11-8-5-6-3-1-2-4-7(6)9(14-8)10(12)13/h1-4,9H,5H2,(H,12,13). The lowest BCUT2D eigenvalue weighted by Crippen LogP contribution is -2.18. The lowest BCUT2D eigenvalue weighted by molar-refractivity contribution is -0.136. The average Bonchev–Trinajstić information content (AvgIpc) is 2.16. The van der Waals surface area contributed by atoms with Crippen LogP contribution in [0.4, 0.5) is 0 Å². The summed E-state index contributed by atoms with van der Waals surface area (Å²) in [6.45, 7) is 0. The highest BCUT2D eigenvalue weighted by molar-refractivity contribution is 8.14. The predicted octanol–water partition coefficient (Wildman–Crippen LogP) is 1.63. The average molecular weight is 208 g/mol. The Labute approximate surface area is 85.1 Å². The fourth-order valence-corrected chi connectivity index (χ4v) is 2.49. The van der Waals surface area contributed by atoms with Crippen LogP contribution in [0.1, 0.15) is 16.4 Å². The van der Waals surface area contributed by atoms with Crippen molar-refractivity contribution in [2.24, 2.45) is 0 Å². The second kappa shape index (κ2) is 3.46. The van der Waals surface area contributed by atoms with Crippen LogP contribution in [0.5, 0.6) is 0 Å². The molecule has 0 aromatic heterocycles. The Morgan fingerprint density at radius 2 is 2.14 bits per heavy atom. The first-order valence-electron chi connectivity index (χ1n) is 4.18. The molecule has 0 radical (unpaired) electrons. The van der Waals surface area contributed by atoms with Crippen molar-refractivity contribution in [3.8, 4) is 0 Å². The summed E-state index contributed by atoms with van der Waals surface area (Å²) in [6.07, 6.45) is 0.338. The van der Waals surface area contributed by atoms with E-state index >= 15 is 0 Å². The largest absolute Gasteiger partial charge is 0.480 e. The molecule has 72 valence electrons. The van der Waals surface area contributed by atoms with Crippen molar-refractivity contribution >= 4 is 22.8 Å². The summed E-state index contributed by atoms with van der Waals surface area (Å²) in [5, 5.41) is 8.13. The lowest BCUT2D eigenvalue weighted by Gasteiger charge is -2.20. The minimum atomic E-state index is -0.949. The number of hydrogen-bond acceptors (Lipinski definition) is 3. The molecule has 1 aliphatic heterocycles. The zero-order chi connectivity index (χ0) is 10.1. The van der Waals surface area contributed by atoms with E-state index in [2.05, 4.69) is 0 Å². The summed E-state index contributed by atoms with van der Waals surface area (Å²) in [4.78, 5) is 22.1. The van der Waals surface area contributed by atoms with Gasteiger partial charge in [0.1, 0.15) is 5.25 Å². The molecular formula is C10H8O3S. The Hall–Kier alpha value is -1.29. The molecule has 1 atom stereocenters. The van der Waals surface area contributed by atoms with Crippen LogP contribution in [0, 0.1) is 0 Å². The molecule has 1 aromatic rings. The van der Waals surface area contributed by atoms with Gasteiger partial charge in [-0.05, 0) is 11.1 Å². The van der Waals surface area contributed by atoms with Gasteiger partial charge in [-0.1, -0.05) is 36.0 Å². The maximum absolute atomic E-state index is 11.2. The van der Waals surface area contributed by atoms with E-state index in [4.69, 9.17) is 5.11 Å². The highest BCUT2D eigenvalue weighted by Gasteiger charge is 2.30. The minimum Gasteiger partial charge on any atom is -0.480 e. The van der Waals surface area contributed by atoms with E-state index in [-0.39, 0.29) is 5.12 Å².